The molecule has 12 nitrogen and oxygen atoms in total. The number of alkyl carbamates (subject to hydrolysis) is 2. The molecular weight excluding hydrogens is 685 g/mol. The number of rotatable bonds is 17. The molecule has 50 heavy (non-hydrogen) atoms. The minimum atomic E-state index is -1.11. The van der Waals surface area contributed by atoms with Crippen molar-refractivity contribution in [2.45, 2.75) is 70.8 Å². The van der Waals surface area contributed by atoms with Crippen molar-refractivity contribution in [1.82, 2.24) is 21.3 Å². The molecule has 3 aromatic carbocycles. The van der Waals surface area contributed by atoms with Gasteiger partial charge in [0.05, 0.1) is 28.3 Å². The van der Waals surface area contributed by atoms with Gasteiger partial charge in [0.25, 0.3) is 0 Å². The Hall–Kier alpha value is -4.52. The van der Waals surface area contributed by atoms with Crippen LogP contribution >= 0.6 is 23.2 Å². The summed E-state index contributed by atoms with van der Waals surface area (Å²) in [7, 11) is 0. The van der Waals surface area contributed by atoms with Crippen molar-refractivity contribution in [3.05, 3.63) is 94.0 Å². The first-order valence-electron chi connectivity index (χ1n) is 16.3. The van der Waals surface area contributed by atoms with Gasteiger partial charge in [0, 0.05) is 25.3 Å². The molecule has 0 heterocycles. The molecule has 0 aliphatic heterocycles. The molecule has 0 radical (unpaired) electrons. The summed E-state index contributed by atoms with van der Waals surface area (Å²) in [6.07, 6.45) is -1.19. The predicted octanol–water partition coefficient (Wildman–Crippen LogP) is 5.86. The van der Waals surface area contributed by atoms with E-state index in [-0.39, 0.29) is 38.4 Å². The number of anilines is 2. The number of aliphatic hydroxyl groups is 1. The number of nitrogens with one attached hydrogen (secondary N) is 5. The lowest BCUT2D eigenvalue weighted by atomic mass is 10.1. The SMILES string of the molecule is CC(C)(C)OC(=O)NCCCC[C@H](NC(=O)OCc1ccccc1)C(=O)NCC(O)CNC(=O)Cc1ccccc1Nc1c(Cl)cccc1Cl. The second kappa shape index (κ2) is 20.2. The number of carbonyl (C=O) groups excluding carboxylic acids is 4. The van der Waals surface area contributed by atoms with Crippen LogP contribution in [0.2, 0.25) is 10.0 Å². The Labute approximate surface area is 302 Å². The number of hydrogen-bond acceptors (Lipinski definition) is 8. The van der Waals surface area contributed by atoms with Crippen LogP contribution in [0.4, 0.5) is 21.0 Å². The summed E-state index contributed by atoms with van der Waals surface area (Å²) in [5.41, 5.74) is 2.00. The molecule has 3 rings (SSSR count). The lowest BCUT2D eigenvalue weighted by Gasteiger charge is -2.21. The van der Waals surface area contributed by atoms with Crippen LogP contribution in [0, 0.1) is 0 Å². The Morgan fingerprint density at radius 3 is 2.16 bits per heavy atom. The third kappa shape index (κ3) is 14.9. The maximum atomic E-state index is 13.1. The van der Waals surface area contributed by atoms with Crippen molar-refractivity contribution in [2.24, 2.45) is 0 Å². The van der Waals surface area contributed by atoms with E-state index >= 15 is 0 Å². The van der Waals surface area contributed by atoms with Crippen LogP contribution in [0.15, 0.2) is 72.8 Å². The van der Waals surface area contributed by atoms with Crippen LogP contribution in [0.5, 0.6) is 0 Å². The van der Waals surface area contributed by atoms with Gasteiger partial charge in [-0.05, 0) is 69.4 Å². The third-order valence-corrected chi connectivity index (χ3v) is 7.68. The van der Waals surface area contributed by atoms with Gasteiger partial charge in [-0.3, -0.25) is 9.59 Å². The summed E-state index contributed by atoms with van der Waals surface area (Å²) in [6.45, 7) is 5.33. The topological polar surface area (TPSA) is 167 Å². The van der Waals surface area contributed by atoms with E-state index in [0.29, 0.717) is 46.4 Å². The van der Waals surface area contributed by atoms with Crippen molar-refractivity contribution in [1.29, 1.82) is 0 Å². The molecule has 4 amide bonds. The number of benzene rings is 3. The van der Waals surface area contributed by atoms with E-state index in [1.165, 1.54) is 0 Å². The molecule has 270 valence electrons. The predicted molar refractivity (Wildman–Crippen MR) is 194 cm³/mol. The Morgan fingerprint density at radius 1 is 0.800 bits per heavy atom. The summed E-state index contributed by atoms with van der Waals surface area (Å²) in [5.74, 6) is -0.888. The number of halogens is 2. The van der Waals surface area contributed by atoms with E-state index < -0.39 is 35.8 Å². The van der Waals surface area contributed by atoms with E-state index in [0.717, 1.165) is 5.56 Å². The molecule has 0 saturated heterocycles. The van der Waals surface area contributed by atoms with Gasteiger partial charge in [-0.1, -0.05) is 77.8 Å². The zero-order chi connectivity index (χ0) is 36.5. The van der Waals surface area contributed by atoms with Crippen LogP contribution in [0.25, 0.3) is 0 Å². The number of aliphatic hydroxyl groups excluding tert-OH is 1. The Balaban J connectivity index is 1.49. The summed E-state index contributed by atoms with van der Waals surface area (Å²) in [4.78, 5) is 50.4. The van der Waals surface area contributed by atoms with Crippen LogP contribution in [-0.2, 0) is 32.1 Å². The summed E-state index contributed by atoms with van der Waals surface area (Å²) in [5, 5.41) is 25.1. The minimum Gasteiger partial charge on any atom is -0.445 e. The maximum Gasteiger partial charge on any atom is 0.408 e. The maximum absolute atomic E-state index is 13.1. The van der Waals surface area contributed by atoms with Gasteiger partial charge in [0.1, 0.15) is 18.2 Å². The molecule has 2 atom stereocenters. The van der Waals surface area contributed by atoms with E-state index in [4.69, 9.17) is 32.7 Å². The summed E-state index contributed by atoms with van der Waals surface area (Å²) >= 11 is 12.6. The molecule has 0 saturated carbocycles. The van der Waals surface area contributed by atoms with Crippen LogP contribution < -0.4 is 26.6 Å². The van der Waals surface area contributed by atoms with Gasteiger partial charge in [-0.15, -0.1) is 0 Å². The van der Waals surface area contributed by atoms with Gasteiger partial charge in [0.2, 0.25) is 11.8 Å². The van der Waals surface area contributed by atoms with Gasteiger partial charge in [0.15, 0.2) is 0 Å². The molecule has 0 aromatic heterocycles. The number of para-hydroxylation sites is 2. The molecule has 0 bridgehead atoms. The fraction of sp³-hybridized carbons (Fsp3) is 0.389. The first-order valence-corrected chi connectivity index (χ1v) is 17.0. The summed E-state index contributed by atoms with van der Waals surface area (Å²) in [6, 6.07) is 20.5. The molecule has 14 heteroatoms. The smallest absolute Gasteiger partial charge is 0.408 e. The van der Waals surface area contributed by atoms with Crippen LogP contribution in [-0.4, -0.2) is 66.5 Å². The molecule has 0 spiro atoms. The number of carbonyl (C=O) groups is 4. The van der Waals surface area contributed by atoms with E-state index in [1.807, 2.05) is 36.4 Å². The standard InChI is InChI=1S/C36H45Cl2N5O7/c1-36(2,3)50-34(47)39-19-10-9-18-30(43-35(48)49-23-24-12-5-4-6-13-24)33(46)41-22-26(44)21-40-31(45)20-25-14-7-8-17-29(25)42-32-27(37)15-11-16-28(32)38/h4-8,11-17,26,30,42,44H,9-10,18-23H2,1-3H3,(H,39,47)(H,40,45)(H,41,46)(H,43,48)/t26?,30-/m0/s1. The zero-order valence-corrected chi connectivity index (χ0v) is 29.9. The van der Waals surface area contributed by atoms with Crippen molar-refractivity contribution in [3.8, 4) is 0 Å². The Kier molecular flexibility index (Phi) is 16.1. The quantitative estimate of drug-likeness (QED) is 0.0940. The molecule has 3 aromatic rings. The van der Waals surface area contributed by atoms with Gasteiger partial charge >= 0.3 is 12.2 Å². The second-order valence-corrected chi connectivity index (χ2v) is 13.3. The highest BCUT2D eigenvalue weighted by molar-refractivity contribution is 6.39. The van der Waals surface area contributed by atoms with Crippen LogP contribution in [0.3, 0.4) is 0 Å². The first-order chi connectivity index (χ1) is 23.8. The lowest BCUT2D eigenvalue weighted by Crippen LogP contribution is -2.49. The van der Waals surface area contributed by atoms with Crippen LogP contribution in [0.1, 0.15) is 51.2 Å². The first kappa shape index (κ1) is 39.9. The number of unbranched alkanes of at least 4 members (excludes halogenated alkanes) is 1. The molecular formula is C36H45Cl2N5O7. The Morgan fingerprint density at radius 2 is 1.46 bits per heavy atom. The molecule has 0 aliphatic rings. The fourth-order valence-corrected chi connectivity index (χ4v) is 5.08. The highest BCUT2D eigenvalue weighted by Crippen LogP contribution is 2.33. The van der Waals surface area contributed by atoms with Gasteiger partial charge < -0.3 is 41.2 Å². The normalized spacial score (nSPS) is 12.2. The third-order valence-electron chi connectivity index (χ3n) is 7.05. The van der Waals surface area contributed by atoms with Gasteiger partial charge in [-0.25, -0.2) is 9.59 Å². The van der Waals surface area contributed by atoms with Crippen molar-refractivity contribution < 1.29 is 33.8 Å². The van der Waals surface area contributed by atoms with E-state index in [2.05, 4.69) is 26.6 Å². The average Bonchev–Trinajstić information content (AvgIpc) is 3.06. The highest BCUT2D eigenvalue weighted by Gasteiger charge is 2.23. The minimum absolute atomic E-state index is 0.00416. The number of amides is 4. The van der Waals surface area contributed by atoms with Crippen molar-refractivity contribution >= 4 is 58.6 Å². The average molecular weight is 731 g/mol. The summed E-state index contributed by atoms with van der Waals surface area (Å²) < 4.78 is 10.5. The number of hydrogen-bond donors (Lipinski definition) is 6. The monoisotopic (exact) mass is 729 g/mol. The lowest BCUT2D eigenvalue weighted by molar-refractivity contribution is -0.123. The van der Waals surface area contributed by atoms with E-state index in [1.54, 1.807) is 57.2 Å². The highest BCUT2D eigenvalue weighted by atomic mass is 35.5. The van der Waals surface area contributed by atoms with Gasteiger partial charge in [-0.2, -0.15) is 0 Å². The molecule has 0 aliphatic carbocycles. The Bertz CT molecular complexity index is 1550. The fourth-order valence-electron chi connectivity index (χ4n) is 4.58. The van der Waals surface area contributed by atoms with E-state index in [9.17, 15) is 24.3 Å². The zero-order valence-electron chi connectivity index (χ0n) is 28.4. The largest absolute Gasteiger partial charge is 0.445 e. The molecule has 6 N–H and O–H groups in total. The molecule has 0 fully saturated rings. The van der Waals surface area contributed by atoms with Crippen molar-refractivity contribution in [2.75, 3.05) is 25.0 Å². The van der Waals surface area contributed by atoms with Crippen molar-refractivity contribution in [3.63, 3.8) is 0 Å². The second-order valence-electron chi connectivity index (χ2n) is 12.4. The number of ether oxygens (including phenoxy) is 2. The molecule has 1 unspecified atom stereocenters.